The average Bonchev–Trinajstić information content (AvgIpc) is 3.08. The fourth-order valence-corrected chi connectivity index (χ4v) is 2.39. The lowest BCUT2D eigenvalue weighted by Crippen LogP contribution is -2.54. The Bertz CT molecular complexity index is 439. The van der Waals surface area contributed by atoms with Gasteiger partial charge in [0.2, 0.25) is 0 Å². The second-order valence-electron chi connectivity index (χ2n) is 4.94. The molecule has 17 heavy (non-hydrogen) atoms. The van der Waals surface area contributed by atoms with Crippen molar-refractivity contribution in [2.24, 2.45) is 0 Å². The van der Waals surface area contributed by atoms with E-state index in [-0.39, 0.29) is 17.3 Å². The lowest BCUT2D eigenvalue weighted by Gasteiger charge is -2.34. The number of rotatable bonds is 1. The first kappa shape index (κ1) is 10.7. The van der Waals surface area contributed by atoms with E-state index < -0.39 is 0 Å². The highest BCUT2D eigenvalue weighted by atomic mass is 19.1. The summed E-state index contributed by atoms with van der Waals surface area (Å²) in [7, 11) is 0. The quantitative estimate of drug-likeness (QED) is 0.796. The summed E-state index contributed by atoms with van der Waals surface area (Å²) in [6.45, 7) is 2.37. The van der Waals surface area contributed by atoms with Gasteiger partial charge in [0, 0.05) is 30.7 Å². The highest BCUT2D eigenvalue weighted by Gasteiger charge is 2.46. The van der Waals surface area contributed by atoms with Gasteiger partial charge in [-0.2, -0.15) is 0 Å². The molecule has 1 aliphatic carbocycles. The zero-order valence-electron chi connectivity index (χ0n) is 9.58. The van der Waals surface area contributed by atoms with Crippen LogP contribution >= 0.6 is 0 Å². The molecule has 1 aliphatic heterocycles. The van der Waals surface area contributed by atoms with E-state index in [1.807, 2.05) is 4.90 Å². The summed E-state index contributed by atoms with van der Waals surface area (Å²) >= 11 is 0. The highest BCUT2D eigenvalue weighted by molar-refractivity contribution is 5.94. The Morgan fingerprint density at radius 3 is 2.65 bits per heavy atom. The molecule has 1 amide bonds. The molecule has 0 bridgehead atoms. The minimum atomic E-state index is -0.305. The Morgan fingerprint density at radius 2 is 2.00 bits per heavy atom. The van der Waals surface area contributed by atoms with Crippen LogP contribution in [-0.4, -0.2) is 36.0 Å². The van der Waals surface area contributed by atoms with Gasteiger partial charge in [0.25, 0.3) is 5.91 Å². The number of piperazine rings is 1. The van der Waals surface area contributed by atoms with Crippen LogP contribution in [0.15, 0.2) is 24.3 Å². The number of benzene rings is 1. The molecule has 90 valence electrons. The van der Waals surface area contributed by atoms with Crippen molar-refractivity contribution in [3.8, 4) is 0 Å². The van der Waals surface area contributed by atoms with Gasteiger partial charge in [-0.1, -0.05) is 0 Å². The summed E-state index contributed by atoms with van der Waals surface area (Å²) in [6.07, 6.45) is 2.31. The van der Waals surface area contributed by atoms with Crippen molar-refractivity contribution in [3.05, 3.63) is 35.6 Å². The lowest BCUT2D eigenvalue weighted by atomic mass is 10.1. The van der Waals surface area contributed by atoms with Crippen LogP contribution in [0.5, 0.6) is 0 Å². The number of carbonyl (C=O) groups is 1. The molecule has 2 aliphatic rings. The molecule has 0 atom stereocenters. The smallest absolute Gasteiger partial charge is 0.253 e. The zero-order valence-corrected chi connectivity index (χ0v) is 9.58. The molecular formula is C13H15FN2O. The SMILES string of the molecule is O=C(c1ccc(F)cc1)N1CCNC2(CC2)C1. The van der Waals surface area contributed by atoms with Crippen LogP contribution in [0.3, 0.4) is 0 Å². The molecule has 1 saturated carbocycles. The minimum Gasteiger partial charge on any atom is -0.336 e. The maximum Gasteiger partial charge on any atom is 0.253 e. The van der Waals surface area contributed by atoms with Crippen LogP contribution in [-0.2, 0) is 0 Å². The first-order valence-corrected chi connectivity index (χ1v) is 5.98. The maximum absolute atomic E-state index is 12.8. The van der Waals surface area contributed by atoms with E-state index in [1.165, 1.54) is 12.1 Å². The second kappa shape index (κ2) is 3.81. The van der Waals surface area contributed by atoms with Gasteiger partial charge < -0.3 is 10.2 Å². The summed E-state index contributed by atoms with van der Waals surface area (Å²) in [5.74, 6) is -0.293. The first-order chi connectivity index (χ1) is 8.19. The fraction of sp³-hybridized carbons (Fsp3) is 0.462. The van der Waals surface area contributed by atoms with Gasteiger partial charge >= 0.3 is 0 Å². The van der Waals surface area contributed by atoms with Gasteiger partial charge in [-0.15, -0.1) is 0 Å². The molecule has 4 heteroatoms. The van der Waals surface area contributed by atoms with E-state index in [1.54, 1.807) is 12.1 Å². The Morgan fingerprint density at radius 1 is 1.29 bits per heavy atom. The Labute approximate surface area is 99.6 Å². The van der Waals surface area contributed by atoms with Crippen LogP contribution in [0.4, 0.5) is 4.39 Å². The maximum atomic E-state index is 12.8. The summed E-state index contributed by atoms with van der Waals surface area (Å²) < 4.78 is 12.8. The molecule has 1 saturated heterocycles. The third kappa shape index (κ3) is 2.05. The van der Waals surface area contributed by atoms with E-state index in [2.05, 4.69) is 5.32 Å². The van der Waals surface area contributed by atoms with Gasteiger partial charge in [-0.05, 0) is 37.1 Å². The average molecular weight is 234 g/mol. The number of halogens is 1. The van der Waals surface area contributed by atoms with Gasteiger partial charge in [-0.25, -0.2) is 4.39 Å². The molecule has 2 fully saturated rings. The molecule has 1 aromatic carbocycles. The first-order valence-electron chi connectivity index (χ1n) is 5.98. The van der Waals surface area contributed by atoms with Crippen molar-refractivity contribution in [1.82, 2.24) is 10.2 Å². The molecule has 0 radical (unpaired) electrons. The van der Waals surface area contributed by atoms with E-state index in [0.29, 0.717) is 5.56 Å². The molecule has 1 aromatic rings. The van der Waals surface area contributed by atoms with E-state index in [9.17, 15) is 9.18 Å². The summed E-state index contributed by atoms with van der Waals surface area (Å²) in [5.41, 5.74) is 0.762. The largest absolute Gasteiger partial charge is 0.336 e. The predicted molar refractivity (Wildman–Crippen MR) is 62.3 cm³/mol. The molecule has 0 aromatic heterocycles. The number of nitrogens with zero attached hydrogens (tertiary/aromatic N) is 1. The molecule has 3 nitrogen and oxygen atoms in total. The predicted octanol–water partition coefficient (Wildman–Crippen LogP) is 1.40. The summed E-state index contributed by atoms with van der Waals surface area (Å²) in [5, 5.41) is 3.46. The van der Waals surface area contributed by atoms with Crippen molar-refractivity contribution >= 4 is 5.91 Å². The molecule has 0 unspecified atom stereocenters. The topological polar surface area (TPSA) is 32.3 Å². The van der Waals surface area contributed by atoms with Crippen LogP contribution < -0.4 is 5.32 Å². The molecule has 1 spiro atoms. The van der Waals surface area contributed by atoms with Crippen molar-refractivity contribution in [2.45, 2.75) is 18.4 Å². The third-order valence-electron chi connectivity index (χ3n) is 3.61. The van der Waals surface area contributed by atoms with Gasteiger partial charge in [0.1, 0.15) is 5.82 Å². The monoisotopic (exact) mass is 234 g/mol. The lowest BCUT2D eigenvalue weighted by molar-refractivity contribution is 0.0691. The Hall–Kier alpha value is -1.42. The third-order valence-corrected chi connectivity index (χ3v) is 3.61. The van der Waals surface area contributed by atoms with Crippen molar-refractivity contribution in [1.29, 1.82) is 0 Å². The Kier molecular flexibility index (Phi) is 2.40. The highest BCUT2D eigenvalue weighted by Crippen LogP contribution is 2.37. The zero-order chi connectivity index (χ0) is 11.9. The molecule has 3 rings (SSSR count). The van der Waals surface area contributed by atoms with Gasteiger partial charge in [-0.3, -0.25) is 4.79 Å². The van der Waals surface area contributed by atoms with E-state index in [4.69, 9.17) is 0 Å². The standard InChI is InChI=1S/C13H15FN2O/c14-11-3-1-10(2-4-11)12(17)16-8-7-15-13(9-16)5-6-13/h1-4,15H,5-9H2. The normalized spacial score (nSPS) is 21.6. The van der Waals surface area contributed by atoms with Crippen LogP contribution in [0, 0.1) is 5.82 Å². The Balaban J connectivity index is 1.75. The van der Waals surface area contributed by atoms with Crippen molar-refractivity contribution in [2.75, 3.05) is 19.6 Å². The van der Waals surface area contributed by atoms with Crippen LogP contribution in [0.25, 0.3) is 0 Å². The number of nitrogens with one attached hydrogen (secondary N) is 1. The van der Waals surface area contributed by atoms with Crippen LogP contribution in [0.2, 0.25) is 0 Å². The van der Waals surface area contributed by atoms with Gasteiger partial charge in [0.05, 0.1) is 0 Å². The molecular weight excluding hydrogens is 219 g/mol. The van der Waals surface area contributed by atoms with Crippen LogP contribution in [0.1, 0.15) is 23.2 Å². The number of hydrogen-bond donors (Lipinski definition) is 1. The number of hydrogen-bond acceptors (Lipinski definition) is 2. The minimum absolute atomic E-state index is 0.0118. The summed E-state index contributed by atoms with van der Waals surface area (Å²) in [4.78, 5) is 14.1. The number of carbonyl (C=O) groups excluding carboxylic acids is 1. The second-order valence-corrected chi connectivity index (χ2v) is 4.94. The van der Waals surface area contributed by atoms with Gasteiger partial charge in [0.15, 0.2) is 0 Å². The molecule has 1 N–H and O–H groups in total. The molecule has 1 heterocycles. The number of amides is 1. The van der Waals surface area contributed by atoms with E-state index in [0.717, 1.165) is 32.5 Å². The van der Waals surface area contributed by atoms with E-state index >= 15 is 0 Å². The van der Waals surface area contributed by atoms with Crippen molar-refractivity contribution < 1.29 is 9.18 Å². The summed E-state index contributed by atoms with van der Waals surface area (Å²) in [6, 6.07) is 5.78. The fourth-order valence-electron chi connectivity index (χ4n) is 2.39. The van der Waals surface area contributed by atoms with Crippen molar-refractivity contribution in [3.63, 3.8) is 0 Å².